The van der Waals surface area contributed by atoms with Crippen LogP contribution in [0.25, 0.3) is 11.3 Å². The number of nitriles is 1. The van der Waals surface area contributed by atoms with Gasteiger partial charge in [-0.25, -0.2) is 0 Å². The second kappa shape index (κ2) is 7.84. The van der Waals surface area contributed by atoms with Crippen molar-refractivity contribution in [3.63, 3.8) is 0 Å². The van der Waals surface area contributed by atoms with Gasteiger partial charge in [0, 0.05) is 5.56 Å². The number of methoxy groups -OCH3 is 2. The van der Waals surface area contributed by atoms with Crippen LogP contribution in [0.3, 0.4) is 0 Å². The number of rotatable bonds is 5. The summed E-state index contributed by atoms with van der Waals surface area (Å²) in [5.74, 6) is 1.30. The molecule has 1 aliphatic heterocycles. The van der Waals surface area contributed by atoms with Crippen molar-refractivity contribution in [3.8, 4) is 34.7 Å². The van der Waals surface area contributed by atoms with Gasteiger partial charge in [-0.1, -0.05) is 31.2 Å². The van der Waals surface area contributed by atoms with E-state index in [1.54, 1.807) is 14.2 Å². The Morgan fingerprint density at radius 2 is 1.93 bits per heavy atom. The summed E-state index contributed by atoms with van der Waals surface area (Å²) >= 11 is 0. The molecular formula is C23H22N4O3. The minimum atomic E-state index is -0.422. The Labute approximate surface area is 174 Å². The highest BCUT2D eigenvalue weighted by Gasteiger charge is 2.36. The molecule has 0 radical (unpaired) electrons. The molecule has 0 bridgehead atoms. The number of fused-ring (bicyclic) bond motifs is 1. The van der Waals surface area contributed by atoms with Crippen molar-refractivity contribution in [2.75, 3.05) is 14.2 Å². The van der Waals surface area contributed by atoms with Crippen LogP contribution in [-0.4, -0.2) is 24.4 Å². The Bertz CT molecular complexity index is 1160. The largest absolute Gasteiger partial charge is 0.497 e. The van der Waals surface area contributed by atoms with Crippen molar-refractivity contribution in [1.29, 1.82) is 5.26 Å². The third-order valence-corrected chi connectivity index (χ3v) is 5.34. The highest BCUT2D eigenvalue weighted by Crippen LogP contribution is 2.47. The first-order valence-electron chi connectivity index (χ1n) is 9.58. The van der Waals surface area contributed by atoms with Gasteiger partial charge in [-0.15, -0.1) is 5.10 Å². The van der Waals surface area contributed by atoms with Crippen molar-refractivity contribution >= 4 is 0 Å². The average molecular weight is 402 g/mol. The number of H-pyrrole nitrogens is 1. The Morgan fingerprint density at radius 3 is 2.57 bits per heavy atom. The SMILES string of the molecule is CCc1ccc([C@H]2C(C#N)=C(N)Oc3n[nH]c(-c4cc(OC)ccc4OC)c32)cc1. The van der Waals surface area contributed by atoms with Gasteiger partial charge in [0.25, 0.3) is 0 Å². The van der Waals surface area contributed by atoms with E-state index in [-0.39, 0.29) is 5.88 Å². The summed E-state index contributed by atoms with van der Waals surface area (Å²) in [7, 11) is 3.20. The third-order valence-electron chi connectivity index (χ3n) is 5.34. The van der Waals surface area contributed by atoms with Crippen molar-refractivity contribution in [1.82, 2.24) is 10.2 Å². The second-order valence-electron chi connectivity index (χ2n) is 6.90. The zero-order valence-electron chi connectivity index (χ0n) is 17.0. The lowest BCUT2D eigenvalue weighted by Crippen LogP contribution is -2.21. The summed E-state index contributed by atoms with van der Waals surface area (Å²) in [6.07, 6.45) is 0.931. The van der Waals surface area contributed by atoms with Gasteiger partial charge in [0.15, 0.2) is 0 Å². The second-order valence-corrected chi connectivity index (χ2v) is 6.90. The van der Waals surface area contributed by atoms with Gasteiger partial charge >= 0.3 is 0 Å². The van der Waals surface area contributed by atoms with Crippen LogP contribution in [0.2, 0.25) is 0 Å². The minimum Gasteiger partial charge on any atom is -0.497 e. The number of hydrogen-bond donors (Lipinski definition) is 2. The lowest BCUT2D eigenvalue weighted by molar-refractivity contribution is 0.379. The molecule has 1 aromatic heterocycles. The smallest absolute Gasteiger partial charge is 0.244 e. The maximum atomic E-state index is 9.86. The van der Waals surface area contributed by atoms with Gasteiger partial charge in [-0.3, -0.25) is 5.10 Å². The maximum absolute atomic E-state index is 9.86. The van der Waals surface area contributed by atoms with E-state index < -0.39 is 5.92 Å². The first kappa shape index (κ1) is 19.4. The van der Waals surface area contributed by atoms with Crippen LogP contribution in [-0.2, 0) is 6.42 Å². The lowest BCUT2D eigenvalue weighted by Gasteiger charge is -2.24. The van der Waals surface area contributed by atoms with Crippen LogP contribution in [0.4, 0.5) is 0 Å². The predicted molar refractivity (Wildman–Crippen MR) is 112 cm³/mol. The number of ether oxygens (including phenoxy) is 3. The van der Waals surface area contributed by atoms with E-state index in [0.717, 1.165) is 23.1 Å². The molecular weight excluding hydrogens is 380 g/mol. The molecule has 0 amide bonds. The standard InChI is InChI=1S/C23H22N4O3/c1-4-13-5-7-14(8-6-13)19-17(12-24)22(25)30-23-20(19)21(26-27-23)16-11-15(28-2)9-10-18(16)29-3/h5-11,19H,4,25H2,1-3H3,(H,26,27)/t19-/m0/s1. The van der Waals surface area contributed by atoms with Crippen LogP contribution in [0.5, 0.6) is 17.4 Å². The molecule has 0 saturated heterocycles. The Kier molecular flexibility index (Phi) is 5.07. The molecule has 0 aliphatic carbocycles. The number of nitrogens with zero attached hydrogens (tertiary/aromatic N) is 2. The number of hydrogen-bond acceptors (Lipinski definition) is 6. The van der Waals surface area contributed by atoms with Crippen LogP contribution in [0.15, 0.2) is 53.9 Å². The van der Waals surface area contributed by atoms with Crippen molar-refractivity contribution in [2.45, 2.75) is 19.3 Å². The van der Waals surface area contributed by atoms with Crippen molar-refractivity contribution in [3.05, 3.63) is 70.6 Å². The first-order chi connectivity index (χ1) is 14.6. The van der Waals surface area contributed by atoms with Crippen LogP contribution in [0.1, 0.15) is 29.5 Å². The van der Waals surface area contributed by atoms with E-state index in [4.69, 9.17) is 19.9 Å². The summed E-state index contributed by atoms with van der Waals surface area (Å²) in [6, 6.07) is 15.9. The van der Waals surface area contributed by atoms with Crippen LogP contribution >= 0.6 is 0 Å². The predicted octanol–water partition coefficient (Wildman–Crippen LogP) is 3.87. The first-order valence-corrected chi connectivity index (χ1v) is 9.58. The van der Waals surface area contributed by atoms with Crippen LogP contribution < -0.4 is 19.9 Å². The van der Waals surface area contributed by atoms with E-state index in [1.165, 1.54) is 5.56 Å². The van der Waals surface area contributed by atoms with Crippen LogP contribution in [0, 0.1) is 11.3 Å². The molecule has 0 fully saturated rings. The third kappa shape index (κ3) is 3.12. The van der Waals surface area contributed by atoms with Crippen molar-refractivity contribution < 1.29 is 14.2 Å². The minimum absolute atomic E-state index is 0.0604. The molecule has 1 aliphatic rings. The number of aryl methyl sites for hydroxylation is 1. The molecule has 7 nitrogen and oxygen atoms in total. The fourth-order valence-electron chi connectivity index (χ4n) is 3.74. The fourth-order valence-corrected chi connectivity index (χ4v) is 3.74. The molecule has 30 heavy (non-hydrogen) atoms. The molecule has 1 atom stereocenters. The number of aromatic amines is 1. The number of nitrogens with one attached hydrogen (secondary N) is 1. The summed E-state index contributed by atoms with van der Waals surface area (Å²) in [5, 5.41) is 17.2. The number of nitrogens with two attached hydrogens (primary N) is 1. The topological polar surface area (TPSA) is 106 Å². The van der Waals surface area contributed by atoms with Gasteiger partial charge in [0.2, 0.25) is 11.8 Å². The molecule has 0 saturated carbocycles. The molecule has 7 heteroatoms. The molecule has 4 rings (SSSR count). The highest BCUT2D eigenvalue weighted by molar-refractivity contribution is 5.76. The van der Waals surface area contributed by atoms with E-state index in [2.05, 4.69) is 35.3 Å². The molecule has 2 heterocycles. The molecule has 3 aromatic rings. The average Bonchev–Trinajstić information content (AvgIpc) is 3.20. The molecule has 3 N–H and O–H groups in total. The van der Waals surface area contributed by atoms with E-state index >= 15 is 0 Å². The zero-order chi connectivity index (χ0) is 21.3. The summed E-state index contributed by atoms with van der Waals surface area (Å²) in [4.78, 5) is 0. The van der Waals surface area contributed by atoms with Gasteiger partial charge in [0.05, 0.1) is 31.4 Å². The Balaban J connectivity index is 1.95. The number of benzene rings is 2. The number of aromatic nitrogens is 2. The Hall–Kier alpha value is -3.92. The highest BCUT2D eigenvalue weighted by atomic mass is 16.5. The summed E-state index contributed by atoms with van der Waals surface area (Å²) in [6.45, 7) is 2.10. The quantitative estimate of drug-likeness (QED) is 0.671. The normalized spacial score (nSPS) is 15.2. The van der Waals surface area contributed by atoms with E-state index in [0.29, 0.717) is 28.6 Å². The van der Waals surface area contributed by atoms with Gasteiger partial charge in [0.1, 0.15) is 23.1 Å². The molecule has 0 spiro atoms. The van der Waals surface area contributed by atoms with Gasteiger partial charge < -0.3 is 19.9 Å². The Morgan fingerprint density at radius 1 is 1.17 bits per heavy atom. The van der Waals surface area contributed by atoms with E-state index in [9.17, 15) is 5.26 Å². The molecule has 2 aromatic carbocycles. The summed E-state index contributed by atoms with van der Waals surface area (Å²) in [5.41, 5.74) is 10.7. The molecule has 152 valence electrons. The number of allylic oxidation sites excluding steroid dienone is 1. The van der Waals surface area contributed by atoms with Gasteiger partial charge in [-0.2, -0.15) is 5.26 Å². The van der Waals surface area contributed by atoms with Crippen molar-refractivity contribution in [2.24, 2.45) is 5.73 Å². The maximum Gasteiger partial charge on any atom is 0.244 e. The summed E-state index contributed by atoms with van der Waals surface area (Å²) < 4.78 is 16.6. The zero-order valence-corrected chi connectivity index (χ0v) is 17.0. The fraction of sp³-hybridized carbons (Fsp3) is 0.217. The lowest BCUT2D eigenvalue weighted by atomic mass is 9.82. The van der Waals surface area contributed by atoms with Gasteiger partial charge in [-0.05, 0) is 35.7 Å². The molecule has 0 unspecified atom stereocenters. The monoisotopic (exact) mass is 402 g/mol. The van der Waals surface area contributed by atoms with E-state index in [1.807, 2.05) is 30.3 Å².